The number of thiazole rings is 1. The molecule has 62 valence electrons. The van der Waals surface area contributed by atoms with Gasteiger partial charge >= 0.3 is 0 Å². The van der Waals surface area contributed by atoms with Crippen LogP contribution in [-0.2, 0) is 5.75 Å². The molecule has 2 rings (SSSR count). The summed E-state index contributed by atoms with van der Waals surface area (Å²) in [5.41, 5.74) is 2.40. The van der Waals surface area contributed by atoms with Gasteiger partial charge in [-0.2, -0.15) is 12.6 Å². The summed E-state index contributed by atoms with van der Waals surface area (Å²) in [6.07, 6.45) is 0. The predicted molar refractivity (Wildman–Crippen MR) is 57.0 cm³/mol. The summed E-state index contributed by atoms with van der Waals surface area (Å²) in [7, 11) is 0. The maximum Gasteiger partial charge on any atom is 0.103 e. The number of aryl methyl sites for hydroxylation is 1. The fourth-order valence-corrected chi connectivity index (χ4v) is 2.36. The first-order valence-electron chi connectivity index (χ1n) is 3.77. The topological polar surface area (TPSA) is 12.9 Å². The molecule has 1 nitrogen and oxygen atoms in total. The first-order chi connectivity index (χ1) is 5.81. The van der Waals surface area contributed by atoms with Crippen LogP contribution >= 0.6 is 24.0 Å². The van der Waals surface area contributed by atoms with Gasteiger partial charge in [-0.25, -0.2) is 4.98 Å². The van der Waals surface area contributed by atoms with Gasteiger partial charge in [-0.15, -0.1) is 11.3 Å². The second-order valence-electron chi connectivity index (χ2n) is 2.69. The maximum atomic E-state index is 4.43. The quantitative estimate of drug-likeness (QED) is 0.690. The fraction of sp³-hybridized carbons (Fsp3) is 0.222. The molecule has 0 bridgehead atoms. The van der Waals surface area contributed by atoms with Gasteiger partial charge in [0.2, 0.25) is 0 Å². The van der Waals surface area contributed by atoms with Crippen LogP contribution in [0.2, 0.25) is 0 Å². The van der Waals surface area contributed by atoms with E-state index in [0.29, 0.717) is 0 Å². The maximum absolute atomic E-state index is 4.43. The molecule has 0 radical (unpaired) electrons. The van der Waals surface area contributed by atoms with Crippen molar-refractivity contribution in [3.05, 3.63) is 28.8 Å². The Morgan fingerprint density at radius 3 is 3.00 bits per heavy atom. The van der Waals surface area contributed by atoms with Crippen molar-refractivity contribution < 1.29 is 0 Å². The van der Waals surface area contributed by atoms with E-state index in [1.807, 2.05) is 12.1 Å². The first kappa shape index (κ1) is 8.08. The van der Waals surface area contributed by atoms with Gasteiger partial charge in [-0.05, 0) is 18.6 Å². The lowest BCUT2D eigenvalue weighted by atomic mass is 10.2. The Bertz CT molecular complexity index is 406. The molecule has 1 aromatic heterocycles. The normalized spacial score (nSPS) is 10.8. The molecule has 2 aromatic rings. The molecule has 1 aromatic carbocycles. The van der Waals surface area contributed by atoms with Crippen LogP contribution in [0, 0.1) is 6.92 Å². The molecular formula is C9H9NS2. The van der Waals surface area contributed by atoms with Crippen molar-refractivity contribution in [2.45, 2.75) is 12.7 Å². The molecule has 0 aliphatic rings. The van der Waals surface area contributed by atoms with Gasteiger partial charge in [0.15, 0.2) is 0 Å². The van der Waals surface area contributed by atoms with E-state index in [9.17, 15) is 0 Å². The van der Waals surface area contributed by atoms with Gasteiger partial charge in [-0.3, -0.25) is 0 Å². The number of thiol groups is 1. The third-order valence-corrected chi connectivity index (χ3v) is 3.51. The standard InChI is InChI=1S/C9H9NS2/c1-6-3-2-4-7-9(6)12-8(5-11)10-7/h2-4,11H,5H2,1H3. The van der Waals surface area contributed by atoms with Crippen LogP contribution in [0.4, 0.5) is 0 Å². The lowest BCUT2D eigenvalue weighted by molar-refractivity contribution is 1.32. The molecule has 0 aliphatic heterocycles. The number of rotatable bonds is 1. The van der Waals surface area contributed by atoms with Gasteiger partial charge in [-0.1, -0.05) is 12.1 Å². The summed E-state index contributed by atoms with van der Waals surface area (Å²) < 4.78 is 1.29. The molecule has 0 spiro atoms. The van der Waals surface area contributed by atoms with E-state index in [-0.39, 0.29) is 0 Å². The van der Waals surface area contributed by atoms with Gasteiger partial charge in [0, 0.05) is 5.75 Å². The molecule has 0 N–H and O–H groups in total. The van der Waals surface area contributed by atoms with Crippen LogP contribution in [0.5, 0.6) is 0 Å². The predicted octanol–water partition coefficient (Wildman–Crippen LogP) is 3.03. The fourth-order valence-electron chi connectivity index (χ4n) is 1.20. The van der Waals surface area contributed by atoms with E-state index in [4.69, 9.17) is 0 Å². The average molecular weight is 195 g/mol. The van der Waals surface area contributed by atoms with Crippen LogP contribution < -0.4 is 0 Å². The van der Waals surface area contributed by atoms with E-state index in [2.05, 4.69) is 30.6 Å². The molecule has 0 aliphatic carbocycles. The molecular weight excluding hydrogens is 186 g/mol. The third-order valence-electron chi connectivity index (χ3n) is 1.79. The molecule has 1 heterocycles. The number of hydrogen-bond acceptors (Lipinski definition) is 3. The first-order valence-corrected chi connectivity index (χ1v) is 5.22. The van der Waals surface area contributed by atoms with E-state index < -0.39 is 0 Å². The Morgan fingerprint density at radius 2 is 2.33 bits per heavy atom. The summed E-state index contributed by atoms with van der Waals surface area (Å²) in [4.78, 5) is 4.43. The van der Waals surface area contributed by atoms with Crippen LogP contribution in [0.25, 0.3) is 10.2 Å². The molecule has 0 saturated carbocycles. The summed E-state index contributed by atoms with van der Waals surface area (Å²) in [6, 6.07) is 6.20. The van der Waals surface area contributed by atoms with E-state index >= 15 is 0 Å². The van der Waals surface area contributed by atoms with Crippen molar-refractivity contribution in [2.24, 2.45) is 0 Å². The Balaban J connectivity index is 2.74. The summed E-state index contributed by atoms with van der Waals surface area (Å²) >= 11 is 5.94. The van der Waals surface area contributed by atoms with Crippen molar-refractivity contribution in [1.29, 1.82) is 0 Å². The number of hydrogen-bond donors (Lipinski definition) is 1. The second-order valence-corrected chi connectivity index (χ2v) is 4.09. The SMILES string of the molecule is Cc1cccc2nc(CS)sc12. The monoisotopic (exact) mass is 195 g/mol. The number of fused-ring (bicyclic) bond motifs is 1. The summed E-state index contributed by atoms with van der Waals surface area (Å²) in [6.45, 7) is 2.11. The molecule has 0 amide bonds. The van der Waals surface area contributed by atoms with Crippen LogP contribution in [-0.4, -0.2) is 4.98 Å². The molecule has 3 heteroatoms. The van der Waals surface area contributed by atoms with Crippen LogP contribution in [0.15, 0.2) is 18.2 Å². The molecule has 0 atom stereocenters. The summed E-state index contributed by atoms with van der Waals surface area (Å²) in [5.74, 6) is 0.735. The molecule has 0 unspecified atom stereocenters. The van der Waals surface area contributed by atoms with Crippen molar-refractivity contribution in [3.8, 4) is 0 Å². The minimum Gasteiger partial charge on any atom is -0.240 e. The molecule has 0 fully saturated rings. The lowest BCUT2D eigenvalue weighted by Crippen LogP contribution is -1.72. The lowest BCUT2D eigenvalue weighted by Gasteiger charge is -1.90. The minimum atomic E-state index is 0.735. The van der Waals surface area contributed by atoms with E-state index in [1.165, 1.54) is 10.3 Å². The highest BCUT2D eigenvalue weighted by molar-refractivity contribution is 7.79. The number of aromatic nitrogens is 1. The smallest absolute Gasteiger partial charge is 0.103 e. The van der Waals surface area contributed by atoms with Crippen LogP contribution in [0.3, 0.4) is 0 Å². The van der Waals surface area contributed by atoms with Crippen molar-refractivity contribution >= 4 is 34.2 Å². The minimum absolute atomic E-state index is 0.735. The van der Waals surface area contributed by atoms with E-state index in [0.717, 1.165) is 16.3 Å². The number of nitrogens with zero attached hydrogens (tertiary/aromatic N) is 1. The van der Waals surface area contributed by atoms with Gasteiger partial charge < -0.3 is 0 Å². The summed E-state index contributed by atoms with van der Waals surface area (Å²) in [5, 5.41) is 1.10. The average Bonchev–Trinajstić information content (AvgIpc) is 2.49. The molecule has 12 heavy (non-hydrogen) atoms. The Morgan fingerprint density at radius 1 is 1.50 bits per heavy atom. The number of benzene rings is 1. The van der Waals surface area contributed by atoms with Crippen molar-refractivity contribution in [2.75, 3.05) is 0 Å². The Hall–Kier alpha value is -0.540. The Labute approximate surface area is 80.9 Å². The Kier molecular flexibility index (Phi) is 2.07. The highest BCUT2D eigenvalue weighted by Gasteiger charge is 2.02. The van der Waals surface area contributed by atoms with Gasteiger partial charge in [0.25, 0.3) is 0 Å². The van der Waals surface area contributed by atoms with Gasteiger partial charge in [0.05, 0.1) is 10.2 Å². The zero-order chi connectivity index (χ0) is 8.55. The molecule has 0 saturated heterocycles. The van der Waals surface area contributed by atoms with Gasteiger partial charge in [0.1, 0.15) is 5.01 Å². The zero-order valence-electron chi connectivity index (χ0n) is 6.74. The largest absolute Gasteiger partial charge is 0.240 e. The highest BCUT2D eigenvalue weighted by Crippen LogP contribution is 2.25. The van der Waals surface area contributed by atoms with Crippen molar-refractivity contribution in [3.63, 3.8) is 0 Å². The zero-order valence-corrected chi connectivity index (χ0v) is 8.45. The second kappa shape index (κ2) is 3.07. The third kappa shape index (κ3) is 1.23. The van der Waals surface area contributed by atoms with Crippen molar-refractivity contribution in [1.82, 2.24) is 4.98 Å². The van der Waals surface area contributed by atoms with Crippen LogP contribution in [0.1, 0.15) is 10.6 Å². The highest BCUT2D eigenvalue weighted by atomic mass is 32.1. The van der Waals surface area contributed by atoms with E-state index in [1.54, 1.807) is 11.3 Å².